The van der Waals surface area contributed by atoms with Crippen LogP contribution < -0.4 is 10.6 Å². The van der Waals surface area contributed by atoms with Crippen LogP contribution in [0.4, 0.5) is 14.9 Å². The number of hydrogen-bond donors (Lipinski definition) is 2. The summed E-state index contributed by atoms with van der Waals surface area (Å²) in [7, 11) is 0. The van der Waals surface area contributed by atoms with Gasteiger partial charge < -0.3 is 10.6 Å². The van der Waals surface area contributed by atoms with E-state index in [2.05, 4.69) is 15.6 Å². The molecule has 1 aromatic carbocycles. The average molecular weight is 259 g/mol. The summed E-state index contributed by atoms with van der Waals surface area (Å²) in [6.45, 7) is 1.86. The molecule has 4 nitrogen and oxygen atoms in total. The minimum atomic E-state index is -0.344. The Morgan fingerprint density at radius 3 is 2.63 bits per heavy atom. The van der Waals surface area contributed by atoms with Gasteiger partial charge in [-0.25, -0.2) is 9.18 Å². The quantitative estimate of drug-likeness (QED) is 0.889. The third kappa shape index (κ3) is 3.77. The Morgan fingerprint density at radius 1 is 1.26 bits per heavy atom. The Kier molecular flexibility index (Phi) is 4.07. The number of nitrogens with one attached hydrogen (secondary N) is 2. The van der Waals surface area contributed by atoms with Crippen molar-refractivity contribution in [3.8, 4) is 0 Å². The van der Waals surface area contributed by atoms with Crippen LogP contribution in [0, 0.1) is 5.82 Å². The van der Waals surface area contributed by atoms with Crippen LogP contribution >= 0.6 is 0 Å². The van der Waals surface area contributed by atoms with Gasteiger partial charge in [0.1, 0.15) is 5.82 Å². The number of carbonyl (C=O) groups excluding carboxylic acids is 1. The fraction of sp³-hybridized carbons (Fsp3) is 0.143. The largest absolute Gasteiger partial charge is 0.331 e. The van der Waals surface area contributed by atoms with E-state index < -0.39 is 0 Å². The molecule has 0 bridgehead atoms. The Hall–Kier alpha value is -2.43. The molecule has 2 N–H and O–H groups in total. The standard InChI is InChI=1S/C14H14FN3O/c1-10(11-3-2-8-16-9-11)17-14(19)18-13-6-4-12(15)5-7-13/h2-10H,1H3,(H2,17,18,19). The lowest BCUT2D eigenvalue weighted by atomic mass is 10.1. The van der Waals surface area contributed by atoms with Crippen LogP contribution in [0.15, 0.2) is 48.8 Å². The SMILES string of the molecule is CC(NC(=O)Nc1ccc(F)cc1)c1cccnc1. The maximum atomic E-state index is 12.7. The average Bonchev–Trinajstić information content (AvgIpc) is 2.42. The van der Waals surface area contributed by atoms with Crippen LogP contribution in [0.1, 0.15) is 18.5 Å². The molecule has 0 saturated heterocycles. The Morgan fingerprint density at radius 2 is 2.00 bits per heavy atom. The Bertz CT molecular complexity index is 542. The normalized spacial score (nSPS) is 11.7. The molecule has 5 heteroatoms. The van der Waals surface area contributed by atoms with Gasteiger partial charge in [-0.3, -0.25) is 4.98 Å². The summed E-state index contributed by atoms with van der Waals surface area (Å²) in [5.41, 5.74) is 1.45. The smallest absolute Gasteiger partial charge is 0.319 e. The Labute approximate surface area is 110 Å². The number of aromatic nitrogens is 1. The first-order chi connectivity index (χ1) is 9.15. The summed E-state index contributed by atoms with van der Waals surface area (Å²) in [6.07, 6.45) is 3.37. The highest BCUT2D eigenvalue weighted by Crippen LogP contribution is 2.11. The van der Waals surface area contributed by atoms with E-state index in [0.29, 0.717) is 5.69 Å². The summed E-state index contributed by atoms with van der Waals surface area (Å²) < 4.78 is 12.7. The lowest BCUT2D eigenvalue weighted by Crippen LogP contribution is -2.31. The fourth-order valence-corrected chi connectivity index (χ4v) is 1.61. The molecule has 0 fully saturated rings. The number of nitrogens with zero attached hydrogens (tertiary/aromatic N) is 1. The van der Waals surface area contributed by atoms with Gasteiger partial charge >= 0.3 is 6.03 Å². The molecule has 98 valence electrons. The van der Waals surface area contributed by atoms with Crippen molar-refractivity contribution in [2.24, 2.45) is 0 Å². The minimum absolute atomic E-state index is 0.158. The molecule has 0 aliphatic carbocycles. The van der Waals surface area contributed by atoms with Crippen molar-refractivity contribution in [3.05, 3.63) is 60.2 Å². The van der Waals surface area contributed by atoms with E-state index in [4.69, 9.17) is 0 Å². The molecule has 0 aliphatic rings. The molecule has 0 radical (unpaired) electrons. The van der Waals surface area contributed by atoms with E-state index in [1.54, 1.807) is 12.4 Å². The molecule has 2 rings (SSSR count). The highest BCUT2D eigenvalue weighted by molar-refractivity contribution is 5.89. The highest BCUT2D eigenvalue weighted by Gasteiger charge is 2.09. The van der Waals surface area contributed by atoms with Gasteiger partial charge in [-0.1, -0.05) is 6.07 Å². The Balaban J connectivity index is 1.93. The number of anilines is 1. The van der Waals surface area contributed by atoms with Gasteiger partial charge in [-0.15, -0.1) is 0 Å². The van der Waals surface area contributed by atoms with Crippen molar-refractivity contribution in [3.63, 3.8) is 0 Å². The van der Waals surface area contributed by atoms with Crippen LogP contribution in [0.25, 0.3) is 0 Å². The second-order valence-electron chi connectivity index (χ2n) is 4.11. The molecule has 2 amide bonds. The molecular weight excluding hydrogens is 245 g/mol. The first-order valence-electron chi connectivity index (χ1n) is 5.88. The number of amides is 2. The molecular formula is C14H14FN3O. The van der Waals surface area contributed by atoms with Crippen molar-refractivity contribution in [2.45, 2.75) is 13.0 Å². The van der Waals surface area contributed by atoms with Gasteiger partial charge in [-0.05, 0) is 42.8 Å². The summed E-state index contributed by atoms with van der Waals surface area (Å²) in [4.78, 5) is 15.7. The number of carbonyl (C=O) groups is 1. The second-order valence-corrected chi connectivity index (χ2v) is 4.11. The number of halogens is 1. The van der Waals surface area contributed by atoms with Crippen molar-refractivity contribution in [1.82, 2.24) is 10.3 Å². The maximum absolute atomic E-state index is 12.7. The third-order valence-corrected chi connectivity index (χ3v) is 2.63. The number of benzene rings is 1. The zero-order valence-corrected chi connectivity index (χ0v) is 10.4. The highest BCUT2D eigenvalue weighted by atomic mass is 19.1. The van der Waals surface area contributed by atoms with Crippen LogP contribution in [-0.2, 0) is 0 Å². The van der Waals surface area contributed by atoms with Crippen molar-refractivity contribution in [1.29, 1.82) is 0 Å². The van der Waals surface area contributed by atoms with Crippen LogP contribution in [0.2, 0.25) is 0 Å². The molecule has 1 atom stereocenters. The number of pyridine rings is 1. The zero-order chi connectivity index (χ0) is 13.7. The second kappa shape index (κ2) is 5.95. The van der Waals surface area contributed by atoms with E-state index >= 15 is 0 Å². The first-order valence-corrected chi connectivity index (χ1v) is 5.88. The van der Waals surface area contributed by atoms with Gasteiger partial charge in [0.2, 0.25) is 0 Å². The van der Waals surface area contributed by atoms with Crippen molar-refractivity contribution < 1.29 is 9.18 Å². The lowest BCUT2D eigenvalue weighted by molar-refractivity contribution is 0.249. The number of hydrogen-bond acceptors (Lipinski definition) is 2. The van der Waals surface area contributed by atoms with Gasteiger partial charge in [-0.2, -0.15) is 0 Å². The van der Waals surface area contributed by atoms with Gasteiger partial charge in [0.15, 0.2) is 0 Å². The van der Waals surface area contributed by atoms with E-state index in [9.17, 15) is 9.18 Å². The molecule has 0 saturated carbocycles. The van der Waals surface area contributed by atoms with E-state index in [1.165, 1.54) is 24.3 Å². The molecule has 1 aromatic heterocycles. The number of rotatable bonds is 3. The number of urea groups is 1. The maximum Gasteiger partial charge on any atom is 0.319 e. The molecule has 2 aromatic rings. The zero-order valence-electron chi connectivity index (χ0n) is 10.4. The van der Waals surface area contributed by atoms with Crippen LogP contribution in [-0.4, -0.2) is 11.0 Å². The molecule has 1 unspecified atom stereocenters. The molecule has 0 aliphatic heterocycles. The monoisotopic (exact) mass is 259 g/mol. The minimum Gasteiger partial charge on any atom is -0.331 e. The first kappa shape index (κ1) is 13.0. The summed E-state index contributed by atoms with van der Waals surface area (Å²) in [6, 6.07) is 8.78. The fourth-order valence-electron chi connectivity index (χ4n) is 1.61. The molecule has 0 spiro atoms. The summed E-state index contributed by atoms with van der Waals surface area (Å²) in [5, 5.41) is 5.41. The topological polar surface area (TPSA) is 54.0 Å². The summed E-state index contributed by atoms with van der Waals surface area (Å²) in [5.74, 6) is -0.338. The third-order valence-electron chi connectivity index (χ3n) is 2.63. The predicted octanol–water partition coefficient (Wildman–Crippen LogP) is 3.10. The summed E-state index contributed by atoms with van der Waals surface area (Å²) >= 11 is 0. The predicted molar refractivity (Wildman–Crippen MR) is 71.2 cm³/mol. The van der Waals surface area contributed by atoms with Gasteiger partial charge in [0, 0.05) is 18.1 Å². The van der Waals surface area contributed by atoms with Crippen LogP contribution in [0.3, 0.4) is 0 Å². The van der Waals surface area contributed by atoms with E-state index in [-0.39, 0.29) is 17.9 Å². The van der Waals surface area contributed by atoms with E-state index in [0.717, 1.165) is 5.56 Å². The van der Waals surface area contributed by atoms with Gasteiger partial charge in [0.05, 0.1) is 6.04 Å². The van der Waals surface area contributed by atoms with Crippen molar-refractivity contribution >= 4 is 11.7 Å². The molecule has 19 heavy (non-hydrogen) atoms. The van der Waals surface area contributed by atoms with Gasteiger partial charge in [0.25, 0.3) is 0 Å². The lowest BCUT2D eigenvalue weighted by Gasteiger charge is -2.14. The van der Waals surface area contributed by atoms with E-state index in [1.807, 2.05) is 19.1 Å². The molecule has 1 heterocycles. The van der Waals surface area contributed by atoms with Crippen molar-refractivity contribution in [2.75, 3.05) is 5.32 Å². The van der Waals surface area contributed by atoms with Crippen LogP contribution in [0.5, 0.6) is 0 Å².